The first-order valence-corrected chi connectivity index (χ1v) is 8.62. The molecule has 0 saturated carbocycles. The number of fused-ring (bicyclic) bond motifs is 2. The molecule has 0 spiro atoms. The van der Waals surface area contributed by atoms with E-state index in [1.165, 1.54) is 24.8 Å². The number of hydrogen-bond donors (Lipinski definition) is 0. The van der Waals surface area contributed by atoms with Gasteiger partial charge in [-0.2, -0.15) is 0 Å². The van der Waals surface area contributed by atoms with Gasteiger partial charge in [0.15, 0.2) is 0 Å². The van der Waals surface area contributed by atoms with Crippen molar-refractivity contribution in [2.75, 3.05) is 20.3 Å². The largest absolute Gasteiger partial charge is 0.381 e. The highest BCUT2D eigenvalue weighted by Gasteiger charge is 2.45. The van der Waals surface area contributed by atoms with E-state index in [4.69, 9.17) is 27.9 Å². The van der Waals surface area contributed by atoms with Crippen LogP contribution < -0.4 is 0 Å². The van der Waals surface area contributed by atoms with Gasteiger partial charge in [-0.15, -0.1) is 0 Å². The van der Waals surface area contributed by atoms with Crippen molar-refractivity contribution in [3.63, 3.8) is 0 Å². The molecule has 2 bridgehead atoms. The number of hydrogen-bond acceptors (Lipinski definition) is 2. The second kappa shape index (κ2) is 6.45. The first-order chi connectivity index (χ1) is 10.1. The summed E-state index contributed by atoms with van der Waals surface area (Å²) in [6.45, 7) is 3.69. The van der Waals surface area contributed by atoms with Gasteiger partial charge in [0.05, 0.1) is 16.7 Å². The van der Waals surface area contributed by atoms with E-state index in [0.29, 0.717) is 34.0 Å². The van der Waals surface area contributed by atoms with Crippen LogP contribution in [-0.2, 0) is 4.74 Å². The number of ether oxygens (including phenoxy) is 1. The van der Waals surface area contributed by atoms with E-state index in [2.05, 4.69) is 31.0 Å². The molecule has 0 aliphatic carbocycles. The first kappa shape index (κ1) is 15.6. The van der Waals surface area contributed by atoms with Crippen LogP contribution in [0.2, 0.25) is 10.0 Å². The van der Waals surface area contributed by atoms with Crippen LogP contribution in [0.15, 0.2) is 18.2 Å². The Kier molecular flexibility index (Phi) is 4.80. The topological polar surface area (TPSA) is 12.5 Å². The quantitative estimate of drug-likeness (QED) is 0.801. The van der Waals surface area contributed by atoms with Crippen molar-refractivity contribution in [3.05, 3.63) is 33.8 Å². The molecule has 116 valence electrons. The van der Waals surface area contributed by atoms with Gasteiger partial charge in [-0.1, -0.05) is 29.3 Å². The molecule has 2 aliphatic rings. The van der Waals surface area contributed by atoms with Gasteiger partial charge in [-0.05, 0) is 56.8 Å². The highest BCUT2D eigenvalue weighted by molar-refractivity contribution is 6.42. The normalized spacial score (nSPS) is 32.6. The molecule has 0 N–H and O–H groups in total. The molecule has 0 amide bonds. The predicted octanol–water partition coefficient (Wildman–Crippen LogP) is 4.60. The van der Waals surface area contributed by atoms with Gasteiger partial charge in [0.25, 0.3) is 0 Å². The van der Waals surface area contributed by atoms with Gasteiger partial charge < -0.3 is 9.64 Å². The van der Waals surface area contributed by atoms with Crippen LogP contribution >= 0.6 is 23.2 Å². The minimum Gasteiger partial charge on any atom is -0.381 e. The highest BCUT2D eigenvalue weighted by atomic mass is 35.5. The average molecular weight is 328 g/mol. The Morgan fingerprint density at radius 3 is 2.76 bits per heavy atom. The van der Waals surface area contributed by atoms with Crippen molar-refractivity contribution < 1.29 is 4.74 Å². The Balaban J connectivity index is 1.88. The molecule has 2 aliphatic heterocycles. The van der Waals surface area contributed by atoms with Gasteiger partial charge in [0.1, 0.15) is 0 Å². The highest BCUT2D eigenvalue weighted by Crippen LogP contribution is 2.46. The molecule has 0 radical (unpaired) electrons. The minimum absolute atomic E-state index is 0.528. The van der Waals surface area contributed by atoms with Crippen molar-refractivity contribution in [2.45, 2.75) is 44.2 Å². The maximum absolute atomic E-state index is 6.23. The molecule has 1 aromatic carbocycles. The molecule has 3 rings (SSSR count). The number of benzene rings is 1. The summed E-state index contributed by atoms with van der Waals surface area (Å²) in [7, 11) is 2.27. The molecule has 0 aromatic heterocycles. The van der Waals surface area contributed by atoms with E-state index in [1.807, 2.05) is 6.07 Å². The second-order valence-electron chi connectivity index (χ2n) is 6.30. The number of halogens is 2. The van der Waals surface area contributed by atoms with Crippen LogP contribution in [-0.4, -0.2) is 37.2 Å². The summed E-state index contributed by atoms with van der Waals surface area (Å²) in [4.78, 5) is 2.57. The van der Waals surface area contributed by atoms with Gasteiger partial charge >= 0.3 is 0 Å². The Labute approximate surface area is 137 Å². The summed E-state index contributed by atoms with van der Waals surface area (Å²) >= 11 is 12.3. The lowest BCUT2D eigenvalue weighted by Crippen LogP contribution is -2.47. The van der Waals surface area contributed by atoms with E-state index in [0.717, 1.165) is 13.2 Å². The fourth-order valence-corrected chi connectivity index (χ4v) is 4.49. The van der Waals surface area contributed by atoms with Crippen molar-refractivity contribution in [2.24, 2.45) is 5.92 Å². The first-order valence-electron chi connectivity index (χ1n) is 7.86. The van der Waals surface area contributed by atoms with E-state index >= 15 is 0 Å². The Hall–Kier alpha value is -0.280. The van der Waals surface area contributed by atoms with Crippen LogP contribution in [0.5, 0.6) is 0 Å². The average Bonchev–Trinajstić information content (AvgIpc) is 2.72. The van der Waals surface area contributed by atoms with Crippen molar-refractivity contribution in [3.8, 4) is 0 Å². The Morgan fingerprint density at radius 1 is 1.24 bits per heavy atom. The zero-order chi connectivity index (χ0) is 15.0. The lowest BCUT2D eigenvalue weighted by atomic mass is 9.76. The van der Waals surface area contributed by atoms with Gasteiger partial charge in [0.2, 0.25) is 0 Å². The maximum Gasteiger partial charge on any atom is 0.0595 e. The van der Waals surface area contributed by atoms with E-state index in [-0.39, 0.29) is 0 Å². The fraction of sp³-hybridized carbons (Fsp3) is 0.647. The summed E-state index contributed by atoms with van der Waals surface area (Å²) < 4.78 is 5.79. The van der Waals surface area contributed by atoms with Crippen LogP contribution in [0, 0.1) is 5.92 Å². The molecule has 21 heavy (non-hydrogen) atoms. The molecule has 2 heterocycles. The summed E-state index contributed by atoms with van der Waals surface area (Å²) in [5.41, 5.74) is 1.32. The van der Waals surface area contributed by atoms with Crippen molar-refractivity contribution in [1.29, 1.82) is 0 Å². The summed E-state index contributed by atoms with van der Waals surface area (Å²) in [5.74, 6) is 1.07. The predicted molar refractivity (Wildman–Crippen MR) is 88.4 cm³/mol. The third-order valence-electron chi connectivity index (χ3n) is 5.32. The number of piperidine rings is 1. The van der Waals surface area contributed by atoms with E-state index in [1.54, 1.807) is 0 Å². The van der Waals surface area contributed by atoms with E-state index in [9.17, 15) is 0 Å². The molecule has 4 atom stereocenters. The fourth-order valence-electron chi connectivity index (χ4n) is 4.18. The minimum atomic E-state index is 0.528. The number of rotatable bonds is 4. The Bertz CT molecular complexity index is 508. The molecule has 2 fully saturated rings. The lowest BCUT2D eigenvalue weighted by Gasteiger charge is -2.43. The van der Waals surface area contributed by atoms with E-state index < -0.39 is 0 Å². The standard InChI is InChI=1S/C17H23Cl2NO/c1-3-21-10-14-13(9-12-5-7-17(14)20(12)2)11-4-6-15(18)16(19)8-11/h4,6,8,12-14,17H,3,5,7,9-10H2,1-2H3/t12?,13?,14?,17-/m0/s1. The van der Waals surface area contributed by atoms with Gasteiger partial charge in [0, 0.05) is 24.6 Å². The summed E-state index contributed by atoms with van der Waals surface area (Å²) in [6, 6.07) is 7.46. The van der Waals surface area contributed by atoms with Crippen LogP contribution in [0.4, 0.5) is 0 Å². The number of nitrogens with zero attached hydrogens (tertiary/aromatic N) is 1. The van der Waals surface area contributed by atoms with Crippen LogP contribution in [0.25, 0.3) is 0 Å². The maximum atomic E-state index is 6.23. The molecule has 2 nitrogen and oxygen atoms in total. The second-order valence-corrected chi connectivity index (χ2v) is 7.12. The van der Waals surface area contributed by atoms with Crippen LogP contribution in [0.3, 0.4) is 0 Å². The monoisotopic (exact) mass is 327 g/mol. The zero-order valence-corrected chi connectivity index (χ0v) is 14.2. The molecule has 2 saturated heterocycles. The zero-order valence-electron chi connectivity index (χ0n) is 12.7. The van der Waals surface area contributed by atoms with Crippen LogP contribution in [0.1, 0.15) is 37.7 Å². The van der Waals surface area contributed by atoms with Gasteiger partial charge in [-0.3, -0.25) is 0 Å². The third kappa shape index (κ3) is 2.96. The molecule has 4 heteroatoms. The molecular weight excluding hydrogens is 305 g/mol. The Morgan fingerprint density at radius 2 is 2.05 bits per heavy atom. The molecule has 1 aromatic rings. The van der Waals surface area contributed by atoms with Gasteiger partial charge in [-0.25, -0.2) is 0 Å². The van der Waals surface area contributed by atoms with Crippen molar-refractivity contribution in [1.82, 2.24) is 4.90 Å². The summed E-state index contributed by atoms with van der Waals surface area (Å²) in [6.07, 6.45) is 3.79. The van der Waals surface area contributed by atoms with Crippen molar-refractivity contribution >= 4 is 23.2 Å². The smallest absolute Gasteiger partial charge is 0.0595 e. The molecular formula is C17H23Cl2NO. The lowest BCUT2D eigenvalue weighted by molar-refractivity contribution is 0.0253. The summed E-state index contributed by atoms with van der Waals surface area (Å²) in [5, 5.41) is 1.30. The third-order valence-corrected chi connectivity index (χ3v) is 6.06. The SMILES string of the molecule is CCOCC1C(c2ccc(Cl)c(Cl)c2)CC2CC[C@@H]1N2C. The molecule has 3 unspecified atom stereocenters.